The summed E-state index contributed by atoms with van der Waals surface area (Å²) in [5.41, 5.74) is 1.54. The number of carbonyl (C=O) groups excluding carboxylic acids is 3. The molecule has 2 amide bonds. The van der Waals surface area contributed by atoms with Crippen LogP contribution in [0.15, 0.2) is 78.9 Å². The number of esters is 1. The molecule has 0 saturated heterocycles. The van der Waals surface area contributed by atoms with Gasteiger partial charge in [0.2, 0.25) is 5.91 Å². The molecule has 3 aromatic rings. The van der Waals surface area contributed by atoms with Crippen molar-refractivity contribution in [2.45, 2.75) is 71.8 Å². The summed E-state index contributed by atoms with van der Waals surface area (Å²) in [5.74, 6) is 0.0330. The highest BCUT2D eigenvalue weighted by molar-refractivity contribution is 5.98. The van der Waals surface area contributed by atoms with Crippen LogP contribution in [0.3, 0.4) is 0 Å². The molecule has 0 saturated carbocycles. The molecule has 2 atom stereocenters. The fraction of sp³-hybridized carbons (Fsp3) is 0.382. The van der Waals surface area contributed by atoms with Crippen molar-refractivity contribution in [1.29, 1.82) is 0 Å². The molecule has 0 radical (unpaired) electrons. The summed E-state index contributed by atoms with van der Waals surface area (Å²) in [5, 5.41) is 5.68. The second-order valence-corrected chi connectivity index (χ2v) is 11.6. The Kier molecular flexibility index (Phi) is 11.5. The van der Waals surface area contributed by atoms with Crippen LogP contribution in [0.2, 0.25) is 0 Å². The normalized spacial score (nSPS) is 12.6. The number of methoxy groups -OCH3 is 1. The van der Waals surface area contributed by atoms with E-state index in [9.17, 15) is 14.4 Å². The first kappa shape index (κ1) is 32.2. The van der Waals surface area contributed by atoms with Crippen molar-refractivity contribution in [3.8, 4) is 11.5 Å². The van der Waals surface area contributed by atoms with Crippen LogP contribution in [0.5, 0.6) is 11.5 Å². The van der Waals surface area contributed by atoms with Crippen LogP contribution in [0.1, 0.15) is 62.5 Å². The van der Waals surface area contributed by atoms with Gasteiger partial charge in [-0.2, -0.15) is 0 Å². The monoisotopic (exact) mass is 574 g/mol. The maximum absolute atomic E-state index is 13.5. The summed E-state index contributed by atoms with van der Waals surface area (Å²) in [4.78, 5) is 39.7. The lowest BCUT2D eigenvalue weighted by atomic mass is 10.0. The smallest absolute Gasteiger partial charge is 0.329 e. The van der Waals surface area contributed by atoms with Crippen molar-refractivity contribution >= 4 is 17.8 Å². The highest BCUT2D eigenvalue weighted by Crippen LogP contribution is 2.18. The van der Waals surface area contributed by atoms with Crippen molar-refractivity contribution in [2.24, 2.45) is 5.92 Å². The van der Waals surface area contributed by atoms with Gasteiger partial charge in [-0.1, -0.05) is 56.3 Å². The molecular formula is C34H42N2O6. The lowest BCUT2D eigenvalue weighted by molar-refractivity contribution is -0.158. The minimum atomic E-state index is -0.958. The molecule has 3 aromatic carbocycles. The van der Waals surface area contributed by atoms with Gasteiger partial charge in [-0.3, -0.25) is 9.59 Å². The lowest BCUT2D eigenvalue weighted by Crippen LogP contribution is -2.53. The Morgan fingerprint density at radius 2 is 1.38 bits per heavy atom. The molecule has 0 heterocycles. The molecule has 0 aliphatic carbocycles. The van der Waals surface area contributed by atoms with Gasteiger partial charge in [-0.15, -0.1) is 0 Å². The molecule has 2 unspecified atom stereocenters. The van der Waals surface area contributed by atoms with Gasteiger partial charge in [-0.05, 0) is 80.6 Å². The maximum atomic E-state index is 13.5. The molecule has 42 heavy (non-hydrogen) atoms. The molecule has 0 spiro atoms. The number of benzene rings is 3. The van der Waals surface area contributed by atoms with Crippen molar-refractivity contribution in [1.82, 2.24) is 10.6 Å². The van der Waals surface area contributed by atoms with E-state index in [1.165, 1.54) is 0 Å². The average Bonchev–Trinajstić information content (AvgIpc) is 2.95. The molecule has 224 valence electrons. The number of hydrogen-bond donors (Lipinski definition) is 2. The Morgan fingerprint density at radius 1 is 0.762 bits per heavy atom. The van der Waals surface area contributed by atoms with Gasteiger partial charge in [0.25, 0.3) is 5.91 Å². The number of amides is 2. The summed E-state index contributed by atoms with van der Waals surface area (Å²) >= 11 is 0. The van der Waals surface area contributed by atoms with Crippen LogP contribution in [0, 0.1) is 5.92 Å². The molecule has 0 aliphatic heterocycles. The average molecular weight is 575 g/mol. The second-order valence-electron chi connectivity index (χ2n) is 11.6. The quantitative estimate of drug-likeness (QED) is 0.262. The predicted molar refractivity (Wildman–Crippen MR) is 162 cm³/mol. The SMILES string of the molecule is COc1ccc(C(=O)NC(CC(C)C)C(=O)NC(Cc2ccc(OCc3ccccc3)cc2)C(=O)OC(C)(C)C)cc1. The van der Waals surface area contributed by atoms with E-state index in [1.807, 2.05) is 68.4 Å². The van der Waals surface area contributed by atoms with Crippen LogP contribution in [0.4, 0.5) is 0 Å². The number of nitrogens with one attached hydrogen (secondary N) is 2. The third-order valence-corrected chi connectivity index (χ3v) is 6.30. The van der Waals surface area contributed by atoms with Crippen LogP contribution >= 0.6 is 0 Å². The fourth-order valence-corrected chi connectivity index (χ4v) is 4.22. The molecule has 3 rings (SSSR count). The minimum absolute atomic E-state index is 0.111. The molecule has 2 N–H and O–H groups in total. The molecule has 0 aliphatic rings. The first-order valence-electron chi connectivity index (χ1n) is 14.2. The zero-order valence-corrected chi connectivity index (χ0v) is 25.3. The molecule has 0 bridgehead atoms. The Morgan fingerprint density at radius 3 is 1.95 bits per heavy atom. The van der Waals surface area contributed by atoms with Crippen LogP contribution in [-0.4, -0.2) is 42.6 Å². The molecule has 0 fully saturated rings. The largest absolute Gasteiger partial charge is 0.497 e. The summed E-state index contributed by atoms with van der Waals surface area (Å²) in [6.45, 7) is 9.70. The predicted octanol–water partition coefficient (Wildman–Crippen LogP) is 5.49. The molecule has 0 aromatic heterocycles. The minimum Gasteiger partial charge on any atom is -0.497 e. The number of hydrogen-bond acceptors (Lipinski definition) is 6. The van der Waals surface area contributed by atoms with Gasteiger partial charge in [-0.25, -0.2) is 4.79 Å². The first-order valence-corrected chi connectivity index (χ1v) is 14.2. The van der Waals surface area contributed by atoms with E-state index in [1.54, 1.807) is 52.1 Å². The van der Waals surface area contributed by atoms with E-state index < -0.39 is 35.5 Å². The Labute approximate surface area is 248 Å². The highest BCUT2D eigenvalue weighted by atomic mass is 16.6. The summed E-state index contributed by atoms with van der Waals surface area (Å²) in [6, 6.07) is 22.1. The van der Waals surface area contributed by atoms with Gasteiger partial charge in [0, 0.05) is 12.0 Å². The second kappa shape index (κ2) is 15.1. The van der Waals surface area contributed by atoms with Gasteiger partial charge < -0.3 is 24.8 Å². The van der Waals surface area contributed by atoms with E-state index in [4.69, 9.17) is 14.2 Å². The molecule has 8 nitrogen and oxygen atoms in total. The molecule has 8 heteroatoms. The number of rotatable bonds is 13. The van der Waals surface area contributed by atoms with Crippen molar-refractivity contribution in [3.05, 3.63) is 95.6 Å². The van der Waals surface area contributed by atoms with Gasteiger partial charge >= 0.3 is 5.97 Å². The zero-order chi connectivity index (χ0) is 30.7. The number of ether oxygens (including phenoxy) is 3. The van der Waals surface area contributed by atoms with E-state index in [0.717, 1.165) is 11.1 Å². The summed E-state index contributed by atoms with van der Waals surface area (Å²) < 4.78 is 16.7. The molecular weight excluding hydrogens is 532 g/mol. The topological polar surface area (TPSA) is 103 Å². The van der Waals surface area contributed by atoms with Crippen LogP contribution in [0.25, 0.3) is 0 Å². The highest BCUT2D eigenvalue weighted by Gasteiger charge is 2.31. The van der Waals surface area contributed by atoms with Crippen molar-refractivity contribution in [2.75, 3.05) is 7.11 Å². The lowest BCUT2D eigenvalue weighted by Gasteiger charge is -2.27. The maximum Gasteiger partial charge on any atom is 0.329 e. The third-order valence-electron chi connectivity index (χ3n) is 6.30. The van der Waals surface area contributed by atoms with Crippen LogP contribution < -0.4 is 20.1 Å². The van der Waals surface area contributed by atoms with Crippen molar-refractivity contribution < 1.29 is 28.6 Å². The third kappa shape index (κ3) is 10.6. The van der Waals surface area contributed by atoms with E-state index in [2.05, 4.69) is 10.6 Å². The summed E-state index contributed by atoms with van der Waals surface area (Å²) in [7, 11) is 1.55. The van der Waals surface area contributed by atoms with E-state index >= 15 is 0 Å². The van der Waals surface area contributed by atoms with Gasteiger partial charge in [0.15, 0.2) is 0 Å². The van der Waals surface area contributed by atoms with E-state index in [0.29, 0.717) is 30.1 Å². The Bertz CT molecular complexity index is 1300. The Balaban J connectivity index is 1.73. The fourth-order valence-electron chi connectivity index (χ4n) is 4.22. The Hall–Kier alpha value is -4.33. The van der Waals surface area contributed by atoms with Crippen molar-refractivity contribution in [3.63, 3.8) is 0 Å². The van der Waals surface area contributed by atoms with Gasteiger partial charge in [0.05, 0.1) is 7.11 Å². The standard InChI is InChI=1S/C34H42N2O6/c1-23(2)20-29(35-31(37)26-14-18-27(40-6)19-15-26)32(38)36-30(33(39)42-34(3,4)5)21-24-12-16-28(17-13-24)41-22-25-10-8-7-9-11-25/h7-19,23,29-30H,20-22H2,1-6H3,(H,35,37)(H,36,38). The van der Waals surface area contributed by atoms with E-state index in [-0.39, 0.29) is 12.3 Å². The summed E-state index contributed by atoms with van der Waals surface area (Å²) in [6.07, 6.45) is 0.600. The van der Waals surface area contributed by atoms with Gasteiger partial charge in [0.1, 0.15) is 35.8 Å². The zero-order valence-electron chi connectivity index (χ0n) is 25.3. The number of carbonyl (C=O) groups is 3. The van der Waals surface area contributed by atoms with Crippen LogP contribution in [-0.2, 0) is 27.4 Å². The first-order chi connectivity index (χ1) is 19.9.